The molecule has 0 saturated heterocycles. The molecule has 6 nitrogen and oxygen atoms in total. The Morgan fingerprint density at radius 2 is 1.97 bits per heavy atom. The zero-order valence-electron chi connectivity index (χ0n) is 17.8. The zero-order valence-corrected chi connectivity index (χ0v) is 19.5. The predicted molar refractivity (Wildman–Crippen MR) is 132 cm³/mol. The first-order valence-corrected chi connectivity index (χ1v) is 12.4. The Balaban J connectivity index is 1.85. The number of hydrogen-bond acceptors (Lipinski definition) is 5. The van der Waals surface area contributed by atoms with Crippen LogP contribution in [0.4, 0.5) is 5.82 Å². The highest BCUT2D eigenvalue weighted by atomic mass is 32.2. The van der Waals surface area contributed by atoms with E-state index in [1.165, 1.54) is 16.7 Å². The number of nitrogens with zero attached hydrogens (tertiary/aromatic N) is 3. The Bertz CT molecular complexity index is 1320. The molecule has 2 aromatic carbocycles. The summed E-state index contributed by atoms with van der Waals surface area (Å²) in [6, 6.07) is 19.8. The van der Waals surface area contributed by atoms with E-state index in [-0.39, 0.29) is 16.9 Å². The second-order valence-electron chi connectivity index (χ2n) is 7.82. The molecule has 0 spiro atoms. The molecule has 0 fully saturated rings. The lowest BCUT2D eigenvalue weighted by molar-refractivity contribution is -0.136. The fourth-order valence-corrected chi connectivity index (χ4v) is 6.05. The number of thiophene rings is 1. The number of rotatable bonds is 5. The molecule has 1 unspecified atom stereocenters. The molecule has 1 amide bonds. The number of carboxylic acids is 1. The summed E-state index contributed by atoms with van der Waals surface area (Å²) in [5.74, 6) is -0.598. The molecule has 0 saturated carbocycles. The van der Waals surface area contributed by atoms with Gasteiger partial charge in [-0.05, 0) is 47.0 Å². The van der Waals surface area contributed by atoms with Crippen molar-refractivity contribution in [3.05, 3.63) is 88.1 Å². The third kappa shape index (κ3) is 4.07. The van der Waals surface area contributed by atoms with Gasteiger partial charge in [-0.15, -0.1) is 11.8 Å². The lowest BCUT2D eigenvalue weighted by atomic mass is 10.0. The number of thioether (sulfide) groups is 1. The van der Waals surface area contributed by atoms with Crippen LogP contribution in [0.1, 0.15) is 21.9 Å². The molecular formula is C25H21N3O3S2. The van der Waals surface area contributed by atoms with Gasteiger partial charge >= 0.3 is 5.97 Å². The van der Waals surface area contributed by atoms with Gasteiger partial charge < -0.3 is 5.11 Å². The van der Waals surface area contributed by atoms with Crippen molar-refractivity contribution < 1.29 is 14.7 Å². The highest BCUT2D eigenvalue weighted by Gasteiger charge is 2.37. The molecule has 2 aromatic heterocycles. The van der Waals surface area contributed by atoms with Crippen LogP contribution in [0.5, 0.6) is 0 Å². The van der Waals surface area contributed by atoms with E-state index in [4.69, 9.17) is 5.10 Å². The molecule has 3 heterocycles. The number of aryl methyl sites for hydroxylation is 1. The summed E-state index contributed by atoms with van der Waals surface area (Å²) >= 11 is 3.11. The minimum Gasteiger partial charge on any atom is -0.480 e. The number of aliphatic carboxylic acids is 1. The van der Waals surface area contributed by atoms with Crippen molar-refractivity contribution in [1.29, 1.82) is 0 Å². The van der Waals surface area contributed by atoms with Crippen molar-refractivity contribution in [1.82, 2.24) is 9.78 Å². The SMILES string of the molecule is Cc1cccc(-n2nc(-c3ccccc3)c3c2N(CC(=O)O)C(=O)CSC3c2ccsc2)c1. The Labute approximate surface area is 199 Å². The fraction of sp³-hybridized carbons (Fsp3) is 0.160. The number of amides is 1. The van der Waals surface area contributed by atoms with Crippen LogP contribution in [-0.2, 0) is 9.59 Å². The van der Waals surface area contributed by atoms with Crippen LogP contribution < -0.4 is 4.90 Å². The minimum atomic E-state index is -1.06. The number of anilines is 1. The van der Waals surface area contributed by atoms with Gasteiger partial charge in [0.25, 0.3) is 0 Å². The van der Waals surface area contributed by atoms with E-state index in [0.29, 0.717) is 5.82 Å². The van der Waals surface area contributed by atoms with E-state index >= 15 is 0 Å². The van der Waals surface area contributed by atoms with Crippen molar-refractivity contribution in [2.45, 2.75) is 12.2 Å². The number of carboxylic acid groups (broad SMARTS) is 1. The van der Waals surface area contributed by atoms with Gasteiger partial charge in [-0.2, -0.15) is 16.4 Å². The average molecular weight is 476 g/mol. The van der Waals surface area contributed by atoms with Gasteiger partial charge in [0, 0.05) is 11.1 Å². The van der Waals surface area contributed by atoms with Gasteiger partial charge in [0.05, 0.1) is 22.4 Å². The summed E-state index contributed by atoms with van der Waals surface area (Å²) in [5, 5.41) is 18.6. The van der Waals surface area contributed by atoms with Gasteiger partial charge in [-0.1, -0.05) is 42.5 Å². The standard InChI is InChI=1S/C25H21N3O3S2/c1-16-6-5-9-19(12-16)28-25-22(23(26-28)17-7-3-2-4-8-17)24(18-10-11-32-14-18)33-15-20(29)27(25)13-21(30)31/h2-12,14,24H,13,15H2,1H3,(H,30,31). The molecule has 1 aliphatic heterocycles. The summed E-state index contributed by atoms with van der Waals surface area (Å²) in [6.07, 6.45) is 0. The van der Waals surface area contributed by atoms with Crippen molar-refractivity contribution in [2.75, 3.05) is 17.2 Å². The maximum atomic E-state index is 13.2. The van der Waals surface area contributed by atoms with Gasteiger partial charge in [-0.3, -0.25) is 14.5 Å². The summed E-state index contributed by atoms with van der Waals surface area (Å²) in [6.45, 7) is 1.57. The Morgan fingerprint density at radius 1 is 1.15 bits per heavy atom. The summed E-state index contributed by atoms with van der Waals surface area (Å²) < 4.78 is 1.73. The lowest BCUT2D eigenvalue weighted by Gasteiger charge is -2.22. The van der Waals surface area contributed by atoms with Gasteiger partial charge in [0.2, 0.25) is 5.91 Å². The maximum Gasteiger partial charge on any atom is 0.323 e. The van der Waals surface area contributed by atoms with Crippen LogP contribution in [0.3, 0.4) is 0 Å². The minimum absolute atomic E-state index is 0.150. The molecule has 0 aliphatic carbocycles. The molecule has 1 N–H and O–H groups in total. The second-order valence-corrected chi connectivity index (χ2v) is 9.70. The number of carbonyl (C=O) groups is 2. The molecular weight excluding hydrogens is 454 g/mol. The topological polar surface area (TPSA) is 75.4 Å². The van der Waals surface area contributed by atoms with Crippen LogP contribution >= 0.6 is 23.1 Å². The van der Waals surface area contributed by atoms with Gasteiger partial charge in [0.15, 0.2) is 0 Å². The number of hydrogen-bond donors (Lipinski definition) is 1. The zero-order chi connectivity index (χ0) is 22.9. The average Bonchev–Trinajstić information content (AvgIpc) is 3.44. The van der Waals surface area contributed by atoms with Crippen molar-refractivity contribution in [3.63, 3.8) is 0 Å². The Hall–Kier alpha value is -3.36. The Morgan fingerprint density at radius 3 is 2.67 bits per heavy atom. The van der Waals surface area contributed by atoms with Crippen molar-refractivity contribution >= 4 is 40.8 Å². The van der Waals surface area contributed by atoms with Crippen LogP contribution in [0, 0.1) is 6.92 Å². The van der Waals surface area contributed by atoms with Gasteiger partial charge in [0.1, 0.15) is 12.4 Å². The van der Waals surface area contributed by atoms with E-state index in [2.05, 4.69) is 11.4 Å². The molecule has 4 aromatic rings. The predicted octanol–water partition coefficient (Wildman–Crippen LogP) is 5.16. The summed E-state index contributed by atoms with van der Waals surface area (Å²) in [5.41, 5.74) is 5.45. The number of benzene rings is 2. The second kappa shape index (κ2) is 8.88. The fourth-order valence-electron chi connectivity index (χ4n) is 4.09. The first-order valence-electron chi connectivity index (χ1n) is 10.4. The molecule has 0 radical (unpaired) electrons. The number of carbonyl (C=O) groups excluding carboxylic acids is 1. The monoisotopic (exact) mass is 475 g/mol. The third-order valence-corrected chi connectivity index (χ3v) is 7.48. The van der Waals surface area contributed by atoms with Crippen LogP contribution in [0.2, 0.25) is 0 Å². The first-order chi connectivity index (χ1) is 16.0. The quantitative estimate of drug-likeness (QED) is 0.431. The van der Waals surface area contributed by atoms with E-state index in [1.807, 2.05) is 66.9 Å². The smallest absolute Gasteiger partial charge is 0.323 e. The van der Waals surface area contributed by atoms with Crippen LogP contribution in [0.25, 0.3) is 16.9 Å². The normalized spacial score (nSPS) is 15.8. The van der Waals surface area contributed by atoms with Crippen LogP contribution in [0.15, 0.2) is 71.4 Å². The van der Waals surface area contributed by atoms with E-state index < -0.39 is 12.5 Å². The molecule has 166 valence electrons. The number of aromatic nitrogens is 2. The molecule has 1 aliphatic rings. The van der Waals surface area contributed by atoms with E-state index in [0.717, 1.165) is 33.6 Å². The highest BCUT2D eigenvalue weighted by Crippen LogP contribution is 2.48. The molecule has 0 bridgehead atoms. The first kappa shape index (κ1) is 21.5. The third-order valence-electron chi connectivity index (χ3n) is 5.52. The largest absolute Gasteiger partial charge is 0.480 e. The van der Waals surface area contributed by atoms with Gasteiger partial charge in [-0.25, -0.2) is 4.68 Å². The Kier molecular flexibility index (Phi) is 5.78. The maximum absolute atomic E-state index is 13.2. The molecule has 5 rings (SSSR count). The highest BCUT2D eigenvalue weighted by molar-refractivity contribution is 8.00. The summed E-state index contributed by atoms with van der Waals surface area (Å²) in [4.78, 5) is 26.4. The van der Waals surface area contributed by atoms with E-state index in [9.17, 15) is 14.7 Å². The lowest BCUT2D eigenvalue weighted by Crippen LogP contribution is -2.38. The number of fused-ring (bicyclic) bond motifs is 1. The van der Waals surface area contributed by atoms with Crippen LogP contribution in [-0.4, -0.2) is 39.1 Å². The molecule has 33 heavy (non-hydrogen) atoms. The van der Waals surface area contributed by atoms with Crippen molar-refractivity contribution in [2.24, 2.45) is 0 Å². The van der Waals surface area contributed by atoms with Crippen molar-refractivity contribution in [3.8, 4) is 16.9 Å². The van der Waals surface area contributed by atoms with E-state index in [1.54, 1.807) is 16.0 Å². The summed E-state index contributed by atoms with van der Waals surface area (Å²) in [7, 11) is 0. The molecule has 1 atom stereocenters. The molecule has 8 heteroatoms.